The van der Waals surface area contributed by atoms with Gasteiger partial charge in [0.25, 0.3) is 5.91 Å². The van der Waals surface area contributed by atoms with Crippen LogP contribution in [0.4, 0.5) is 4.39 Å². The zero-order valence-electron chi connectivity index (χ0n) is 19.8. The summed E-state index contributed by atoms with van der Waals surface area (Å²) in [7, 11) is -3.15. The molecule has 3 aromatic rings. The quantitative estimate of drug-likeness (QED) is 0.506. The minimum atomic E-state index is -3.15. The highest BCUT2D eigenvalue weighted by Gasteiger charge is 2.32. The third-order valence-corrected chi connectivity index (χ3v) is 8.65. The molecule has 1 fully saturated rings. The lowest BCUT2D eigenvalue weighted by Crippen LogP contribution is -2.25. The highest BCUT2D eigenvalue weighted by molar-refractivity contribution is 7.91. The summed E-state index contributed by atoms with van der Waals surface area (Å²) in [5.41, 5.74) is 3.34. The number of rotatable bonds is 6. The standard InChI is InChI=1S/C26H29FN4O3S/c1-17-24-21(26(32)28-13-11-18-7-3-2-4-8-18)15-23(20-9-5-6-10-22(20)27)29-25(24)31(30-17)19-12-14-35(33,34)16-19/h5-7,9-10,15,19H,2-4,8,11-14,16H2,1H3,(H,28,32). The Bertz CT molecular complexity index is 1430. The van der Waals surface area contributed by atoms with E-state index in [9.17, 15) is 17.6 Å². The van der Waals surface area contributed by atoms with Crippen LogP contribution in [0.2, 0.25) is 0 Å². The van der Waals surface area contributed by atoms with Gasteiger partial charge in [-0.25, -0.2) is 22.5 Å². The minimum absolute atomic E-state index is 0.0224. The van der Waals surface area contributed by atoms with Gasteiger partial charge in [-0.15, -0.1) is 0 Å². The molecule has 0 bridgehead atoms. The van der Waals surface area contributed by atoms with Gasteiger partial charge in [-0.05, 0) is 63.6 Å². The summed E-state index contributed by atoms with van der Waals surface area (Å²) in [5, 5.41) is 8.19. The fraction of sp³-hybridized carbons (Fsp3) is 0.423. The number of nitrogens with zero attached hydrogens (tertiary/aromatic N) is 3. The van der Waals surface area contributed by atoms with Crippen molar-refractivity contribution in [2.75, 3.05) is 18.1 Å². The number of pyridine rings is 1. The first kappa shape index (κ1) is 23.7. The maximum atomic E-state index is 14.7. The number of carbonyl (C=O) groups is 1. The SMILES string of the molecule is Cc1nn(C2CCS(=O)(=O)C2)c2nc(-c3ccccc3F)cc(C(=O)NCCC3=CCCCC3)c12. The van der Waals surface area contributed by atoms with Crippen LogP contribution in [-0.2, 0) is 9.84 Å². The summed E-state index contributed by atoms with van der Waals surface area (Å²) in [6.07, 6.45) is 8.07. The lowest BCUT2D eigenvalue weighted by atomic mass is 9.97. The Morgan fingerprint density at radius 2 is 2.09 bits per heavy atom. The second-order valence-corrected chi connectivity index (χ2v) is 11.7. The van der Waals surface area contributed by atoms with E-state index >= 15 is 0 Å². The number of halogens is 1. The van der Waals surface area contributed by atoms with Gasteiger partial charge in [-0.3, -0.25) is 4.79 Å². The number of fused-ring (bicyclic) bond motifs is 1. The lowest BCUT2D eigenvalue weighted by molar-refractivity contribution is 0.0955. The number of sulfone groups is 1. The van der Waals surface area contributed by atoms with Crippen molar-refractivity contribution >= 4 is 26.8 Å². The molecule has 2 aromatic heterocycles. The second-order valence-electron chi connectivity index (χ2n) is 9.43. The molecular weight excluding hydrogens is 467 g/mol. The fourth-order valence-corrected chi connectivity index (χ4v) is 6.78. The molecule has 0 saturated carbocycles. The summed E-state index contributed by atoms with van der Waals surface area (Å²) in [5.74, 6) is -0.644. The van der Waals surface area contributed by atoms with Crippen molar-refractivity contribution in [3.05, 3.63) is 59.1 Å². The van der Waals surface area contributed by atoms with E-state index in [1.807, 2.05) is 0 Å². The van der Waals surface area contributed by atoms with E-state index in [2.05, 4.69) is 16.5 Å². The normalized spacial score (nSPS) is 19.6. The van der Waals surface area contributed by atoms with E-state index in [0.29, 0.717) is 41.0 Å². The van der Waals surface area contributed by atoms with Crippen molar-refractivity contribution in [2.45, 2.75) is 51.5 Å². The number of carbonyl (C=O) groups excluding carboxylic acids is 1. The predicted octanol–water partition coefficient (Wildman–Crippen LogP) is 4.53. The van der Waals surface area contributed by atoms with Crippen molar-refractivity contribution in [2.24, 2.45) is 0 Å². The van der Waals surface area contributed by atoms with Gasteiger partial charge in [0.15, 0.2) is 15.5 Å². The van der Waals surface area contributed by atoms with E-state index in [0.717, 1.165) is 19.3 Å². The molecule has 1 aliphatic heterocycles. The third kappa shape index (κ3) is 4.87. The number of amides is 1. The Hall–Kier alpha value is -3.07. The molecule has 9 heteroatoms. The fourth-order valence-electron chi connectivity index (χ4n) is 5.09. The number of hydrogen-bond acceptors (Lipinski definition) is 5. The highest BCUT2D eigenvalue weighted by Crippen LogP contribution is 2.32. The van der Waals surface area contributed by atoms with Gasteiger partial charge < -0.3 is 5.32 Å². The van der Waals surface area contributed by atoms with Crippen molar-refractivity contribution in [3.8, 4) is 11.3 Å². The van der Waals surface area contributed by atoms with Gasteiger partial charge in [-0.1, -0.05) is 23.8 Å². The molecule has 0 radical (unpaired) electrons. The molecule has 1 aliphatic carbocycles. The van der Waals surface area contributed by atoms with Crippen molar-refractivity contribution < 1.29 is 17.6 Å². The maximum absolute atomic E-state index is 14.7. The average Bonchev–Trinajstić information content (AvgIpc) is 3.38. The van der Waals surface area contributed by atoms with E-state index in [-0.39, 0.29) is 29.0 Å². The molecule has 0 spiro atoms. The number of aryl methyl sites for hydroxylation is 1. The van der Waals surface area contributed by atoms with Gasteiger partial charge in [0, 0.05) is 12.1 Å². The molecule has 184 valence electrons. The minimum Gasteiger partial charge on any atom is -0.352 e. The van der Waals surface area contributed by atoms with Crippen LogP contribution in [0.3, 0.4) is 0 Å². The largest absolute Gasteiger partial charge is 0.352 e. The zero-order chi connectivity index (χ0) is 24.6. The summed E-state index contributed by atoms with van der Waals surface area (Å²) in [6.45, 7) is 2.30. The van der Waals surface area contributed by atoms with Crippen LogP contribution in [0, 0.1) is 12.7 Å². The molecule has 5 rings (SSSR count). The number of benzene rings is 1. The molecule has 1 amide bonds. The van der Waals surface area contributed by atoms with Crippen molar-refractivity contribution in [1.82, 2.24) is 20.1 Å². The number of aromatic nitrogens is 3. The van der Waals surface area contributed by atoms with Crippen LogP contribution < -0.4 is 5.32 Å². The molecule has 1 aromatic carbocycles. The van der Waals surface area contributed by atoms with Gasteiger partial charge in [0.05, 0.1) is 39.9 Å². The van der Waals surface area contributed by atoms with Gasteiger partial charge >= 0.3 is 0 Å². The first-order valence-electron chi connectivity index (χ1n) is 12.1. The van der Waals surface area contributed by atoms with E-state index in [4.69, 9.17) is 4.98 Å². The van der Waals surface area contributed by atoms with Crippen LogP contribution >= 0.6 is 0 Å². The molecule has 2 aliphatic rings. The number of allylic oxidation sites excluding steroid dienone is 1. The Kier molecular flexibility index (Phi) is 6.44. The molecule has 3 heterocycles. The zero-order valence-corrected chi connectivity index (χ0v) is 20.6. The van der Waals surface area contributed by atoms with Crippen LogP contribution in [0.25, 0.3) is 22.3 Å². The number of nitrogens with one attached hydrogen (secondary N) is 1. The highest BCUT2D eigenvalue weighted by atomic mass is 32.2. The Labute approximate surface area is 204 Å². The Morgan fingerprint density at radius 1 is 1.26 bits per heavy atom. The van der Waals surface area contributed by atoms with Crippen LogP contribution in [0.1, 0.15) is 60.6 Å². The third-order valence-electron chi connectivity index (χ3n) is 6.90. The molecule has 35 heavy (non-hydrogen) atoms. The maximum Gasteiger partial charge on any atom is 0.252 e. The van der Waals surface area contributed by atoms with Gasteiger partial charge in [0.1, 0.15) is 5.82 Å². The molecule has 1 atom stereocenters. The van der Waals surface area contributed by atoms with Crippen LogP contribution in [0.5, 0.6) is 0 Å². The number of hydrogen-bond donors (Lipinski definition) is 1. The molecular formula is C26H29FN4O3S. The summed E-state index contributed by atoms with van der Waals surface area (Å²) < 4.78 is 40.6. The van der Waals surface area contributed by atoms with Gasteiger partial charge in [0.2, 0.25) is 0 Å². The van der Waals surface area contributed by atoms with Crippen LogP contribution in [-0.4, -0.2) is 47.1 Å². The second kappa shape index (κ2) is 9.53. The monoisotopic (exact) mass is 496 g/mol. The molecule has 1 saturated heterocycles. The van der Waals surface area contributed by atoms with E-state index < -0.39 is 15.7 Å². The topological polar surface area (TPSA) is 93.9 Å². The first-order chi connectivity index (χ1) is 16.8. The summed E-state index contributed by atoms with van der Waals surface area (Å²) >= 11 is 0. The summed E-state index contributed by atoms with van der Waals surface area (Å²) in [4.78, 5) is 18.1. The smallest absolute Gasteiger partial charge is 0.252 e. The molecule has 1 N–H and O–H groups in total. The van der Waals surface area contributed by atoms with Crippen LogP contribution in [0.15, 0.2) is 42.0 Å². The molecule has 7 nitrogen and oxygen atoms in total. The average molecular weight is 497 g/mol. The van der Waals surface area contributed by atoms with E-state index in [1.54, 1.807) is 35.9 Å². The first-order valence-corrected chi connectivity index (χ1v) is 14.0. The lowest BCUT2D eigenvalue weighted by Gasteiger charge is -2.14. The predicted molar refractivity (Wildman–Crippen MR) is 133 cm³/mol. The van der Waals surface area contributed by atoms with Crippen molar-refractivity contribution in [1.29, 1.82) is 0 Å². The Balaban J connectivity index is 1.55. The summed E-state index contributed by atoms with van der Waals surface area (Å²) in [6, 6.07) is 7.53. The Morgan fingerprint density at radius 3 is 2.80 bits per heavy atom. The van der Waals surface area contributed by atoms with Gasteiger partial charge in [-0.2, -0.15) is 5.10 Å². The molecule has 1 unspecified atom stereocenters. The van der Waals surface area contributed by atoms with Crippen molar-refractivity contribution in [3.63, 3.8) is 0 Å². The van der Waals surface area contributed by atoms with E-state index in [1.165, 1.54) is 24.5 Å².